The molecule has 244 valence electrons. The van der Waals surface area contributed by atoms with E-state index in [0.29, 0.717) is 0 Å². The van der Waals surface area contributed by atoms with Gasteiger partial charge in [-0.3, -0.25) is 0 Å². The first-order chi connectivity index (χ1) is 23.2. The summed E-state index contributed by atoms with van der Waals surface area (Å²) in [5, 5.41) is 0. The van der Waals surface area contributed by atoms with Gasteiger partial charge in [0.2, 0.25) is 0 Å². The summed E-state index contributed by atoms with van der Waals surface area (Å²) in [5.41, 5.74) is 15.1. The van der Waals surface area contributed by atoms with Gasteiger partial charge in [-0.2, -0.15) is 0 Å². The van der Waals surface area contributed by atoms with E-state index in [4.69, 9.17) is 4.74 Å². The Morgan fingerprint density at radius 1 is 0.583 bits per heavy atom. The van der Waals surface area contributed by atoms with Crippen LogP contribution in [0.15, 0.2) is 159 Å². The molecular formula is C47H50O. The lowest BCUT2D eigenvalue weighted by molar-refractivity contribution is 0.474. The summed E-state index contributed by atoms with van der Waals surface area (Å²) in [5.74, 6) is 1.73. The van der Waals surface area contributed by atoms with Crippen molar-refractivity contribution >= 4 is 11.1 Å². The molecule has 0 aromatic heterocycles. The molecule has 0 radical (unpaired) electrons. The molecule has 0 N–H and O–H groups in total. The summed E-state index contributed by atoms with van der Waals surface area (Å²) in [7, 11) is 0. The number of fused-ring (bicyclic) bond motifs is 2. The average Bonchev–Trinajstić information content (AvgIpc) is 3.11. The van der Waals surface area contributed by atoms with Crippen LogP contribution in [-0.4, -0.2) is 0 Å². The van der Waals surface area contributed by atoms with Crippen LogP contribution in [0, 0.1) is 20.8 Å². The lowest BCUT2D eigenvalue weighted by Gasteiger charge is -2.23. The van der Waals surface area contributed by atoms with Gasteiger partial charge in [-0.05, 0) is 96.9 Å². The first-order valence-corrected chi connectivity index (χ1v) is 16.6. The van der Waals surface area contributed by atoms with Crippen LogP contribution in [0.4, 0.5) is 0 Å². The van der Waals surface area contributed by atoms with Gasteiger partial charge in [-0.25, -0.2) is 0 Å². The molecule has 48 heavy (non-hydrogen) atoms. The highest BCUT2D eigenvalue weighted by atomic mass is 16.5. The van der Waals surface area contributed by atoms with Crippen LogP contribution < -0.4 is 4.74 Å². The standard InChI is InChI=1S/C28H22O.C14H16.C3H6.C2H6/c1-18-4-8-21(9-5-18)23-12-14-25-20(3)26-15-13-24(17-28(26)29-27(25)16-23)22-10-6-19(2)7-11-22;1-5-11(3)13(6-2)14-10-8-7-9-12(14)4;1-3-2;1-2/h4-17H,3H2,1-2H3;5-10H,1-2H2,3-4H3;3H,1H2,2H3;1-2H3/b;13-11+;;. The van der Waals surface area contributed by atoms with Gasteiger partial charge in [0, 0.05) is 11.1 Å². The molecule has 6 rings (SSSR count). The molecule has 1 aliphatic heterocycles. The Bertz CT molecular complexity index is 1800. The fourth-order valence-electron chi connectivity index (χ4n) is 5.30. The maximum atomic E-state index is 6.36. The van der Waals surface area contributed by atoms with Gasteiger partial charge in [0.15, 0.2) is 0 Å². The highest BCUT2D eigenvalue weighted by Gasteiger charge is 2.21. The van der Waals surface area contributed by atoms with Crippen molar-refractivity contribution in [3.05, 3.63) is 193 Å². The largest absolute Gasteiger partial charge is 0.456 e. The minimum absolute atomic E-state index is 0.863. The van der Waals surface area contributed by atoms with E-state index in [0.717, 1.165) is 50.5 Å². The number of rotatable bonds is 5. The van der Waals surface area contributed by atoms with Crippen LogP contribution in [0.2, 0.25) is 0 Å². The normalized spacial score (nSPS) is 11.2. The van der Waals surface area contributed by atoms with E-state index >= 15 is 0 Å². The van der Waals surface area contributed by atoms with Gasteiger partial charge in [-0.15, -0.1) is 6.58 Å². The molecule has 0 saturated carbocycles. The first-order valence-electron chi connectivity index (χ1n) is 16.6. The summed E-state index contributed by atoms with van der Waals surface area (Å²) in [6, 6.07) is 38.2. The highest BCUT2D eigenvalue weighted by Crippen LogP contribution is 2.45. The van der Waals surface area contributed by atoms with Crippen molar-refractivity contribution < 1.29 is 4.74 Å². The molecule has 1 nitrogen and oxygen atoms in total. The third-order valence-corrected chi connectivity index (χ3v) is 7.97. The number of hydrogen-bond donors (Lipinski definition) is 0. The van der Waals surface area contributed by atoms with E-state index in [1.54, 1.807) is 6.08 Å². The summed E-state index contributed by atoms with van der Waals surface area (Å²) in [6.45, 7) is 29.6. The molecule has 1 heteroatoms. The fourth-order valence-corrected chi connectivity index (χ4v) is 5.30. The van der Waals surface area contributed by atoms with Gasteiger partial charge in [0.05, 0.1) is 0 Å². The molecule has 0 aliphatic carbocycles. The number of hydrogen-bond acceptors (Lipinski definition) is 1. The van der Waals surface area contributed by atoms with Crippen molar-refractivity contribution in [3.8, 4) is 33.8 Å². The van der Waals surface area contributed by atoms with Gasteiger partial charge in [0.25, 0.3) is 0 Å². The van der Waals surface area contributed by atoms with Gasteiger partial charge < -0.3 is 4.74 Å². The van der Waals surface area contributed by atoms with Crippen molar-refractivity contribution in [2.24, 2.45) is 0 Å². The lowest BCUT2D eigenvalue weighted by atomic mass is 9.91. The SMILES string of the molecule is C=C/C(C)=C(\C=C)c1ccccc1C.C=C1c2ccc(-c3ccc(C)cc3)cc2Oc2cc(-c3ccc(C)cc3)ccc21.C=CC.CC. The van der Waals surface area contributed by atoms with E-state index in [1.165, 1.54) is 33.4 Å². The van der Waals surface area contributed by atoms with E-state index in [1.807, 2.05) is 45.1 Å². The van der Waals surface area contributed by atoms with Crippen molar-refractivity contribution in [1.82, 2.24) is 0 Å². The molecule has 0 atom stereocenters. The number of allylic oxidation sites excluding steroid dienone is 5. The first kappa shape index (κ1) is 37.1. The third kappa shape index (κ3) is 9.11. The van der Waals surface area contributed by atoms with Crippen LogP contribution in [0.1, 0.15) is 61.1 Å². The molecule has 0 bridgehead atoms. The summed E-state index contributed by atoms with van der Waals surface area (Å²) in [4.78, 5) is 0. The van der Waals surface area contributed by atoms with Crippen molar-refractivity contribution in [2.75, 3.05) is 0 Å². The number of aryl methyl sites for hydroxylation is 3. The van der Waals surface area contributed by atoms with Crippen LogP contribution in [0.3, 0.4) is 0 Å². The Hall–Kier alpha value is -5.40. The zero-order valence-electron chi connectivity index (χ0n) is 29.9. The van der Waals surface area contributed by atoms with Gasteiger partial charge in [0.1, 0.15) is 11.5 Å². The minimum atomic E-state index is 0.863. The van der Waals surface area contributed by atoms with Crippen LogP contribution in [0.25, 0.3) is 33.4 Å². The molecule has 0 spiro atoms. The van der Waals surface area contributed by atoms with Crippen LogP contribution >= 0.6 is 0 Å². The zero-order chi connectivity index (χ0) is 35.2. The maximum Gasteiger partial charge on any atom is 0.135 e. The zero-order valence-corrected chi connectivity index (χ0v) is 29.9. The van der Waals surface area contributed by atoms with E-state index < -0.39 is 0 Å². The monoisotopic (exact) mass is 630 g/mol. The van der Waals surface area contributed by atoms with Crippen molar-refractivity contribution in [3.63, 3.8) is 0 Å². The Balaban J connectivity index is 0.000000277. The van der Waals surface area contributed by atoms with Crippen LogP contribution in [-0.2, 0) is 0 Å². The Morgan fingerprint density at radius 3 is 1.40 bits per heavy atom. The van der Waals surface area contributed by atoms with E-state index in [9.17, 15) is 0 Å². The smallest absolute Gasteiger partial charge is 0.135 e. The quantitative estimate of drug-likeness (QED) is 0.136. The number of benzene rings is 5. The van der Waals surface area contributed by atoms with E-state index in [-0.39, 0.29) is 0 Å². The Labute approximate surface area is 290 Å². The lowest BCUT2D eigenvalue weighted by Crippen LogP contribution is -2.02. The van der Waals surface area contributed by atoms with Crippen LogP contribution in [0.5, 0.6) is 11.5 Å². The fraction of sp³-hybridized carbons (Fsp3) is 0.149. The van der Waals surface area contributed by atoms with E-state index in [2.05, 4.69) is 151 Å². The molecule has 1 heterocycles. The maximum absolute atomic E-state index is 6.36. The van der Waals surface area contributed by atoms with Gasteiger partial charge >= 0.3 is 0 Å². The molecule has 0 unspecified atom stereocenters. The second kappa shape index (κ2) is 18.1. The predicted octanol–water partition coefficient (Wildman–Crippen LogP) is 14.2. The molecule has 5 aromatic carbocycles. The Morgan fingerprint density at radius 2 is 1.00 bits per heavy atom. The van der Waals surface area contributed by atoms with Crippen molar-refractivity contribution in [2.45, 2.75) is 48.5 Å². The predicted molar refractivity (Wildman–Crippen MR) is 213 cm³/mol. The minimum Gasteiger partial charge on any atom is -0.456 e. The molecule has 5 aromatic rings. The molecule has 0 fully saturated rings. The highest BCUT2D eigenvalue weighted by molar-refractivity contribution is 5.89. The van der Waals surface area contributed by atoms with Gasteiger partial charge in [-0.1, -0.05) is 160 Å². The summed E-state index contributed by atoms with van der Waals surface area (Å²) < 4.78 is 6.36. The molecule has 1 aliphatic rings. The second-order valence-electron chi connectivity index (χ2n) is 11.5. The third-order valence-electron chi connectivity index (χ3n) is 7.97. The molecular weight excluding hydrogens is 581 g/mol. The number of ether oxygens (including phenoxy) is 1. The second-order valence-corrected chi connectivity index (χ2v) is 11.5. The average molecular weight is 631 g/mol. The molecule has 0 amide bonds. The summed E-state index contributed by atoms with van der Waals surface area (Å²) >= 11 is 0. The van der Waals surface area contributed by atoms with Crippen molar-refractivity contribution in [1.29, 1.82) is 0 Å². The topological polar surface area (TPSA) is 9.23 Å². The molecule has 0 saturated heterocycles. The Kier molecular flexibility index (Phi) is 14.0. The summed E-state index contributed by atoms with van der Waals surface area (Å²) in [6.07, 6.45) is 5.50.